The molecule has 1 heterocycles. The van der Waals surface area contributed by atoms with E-state index in [4.69, 9.17) is 0 Å². The number of piperidine rings is 1. The molecule has 0 radical (unpaired) electrons. The molecule has 3 atom stereocenters. The van der Waals surface area contributed by atoms with Gasteiger partial charge in [-0.05, 0) is 44.7 Å². The van der Waals surface area contributed by atoms with Crippen molar-refractivity contribution in [2.45, 2.75) is 45.7 Å². The number of carbonyl (C=O) groups is 1. The van der Waals surface area contributed by atoms with Gasteiger partial charge < -0.3 is 10.6 Å². The Hall–Kier alpha value is -1.35. The third kappa shape index (κ3) is 3.57. The van der Waals surface area contributed by atoms with Crippen LogP contribution in [0.4, 0.5) is 0 Å². The van der Waals surface area contributed by atoms with Crippen molar-refractivity contribution >= 4 is 5.91 Å². The number of nitrogens with one attached hydrogen (secondary N) is 2. The van der Waals surface area contributed by atoms with Crippen molar-refractivity contribution in [1.29, 1.82) is 0 Å². The first kappa shape index (κ1) is 14.1. The predicted octanol–water partition coefficient (Wildman–Crippen LogP) is 2.56. The summed E-state index contributed by atoms with van der Waals surface area (Å²) in [4.78, 5) is 12.2. The summed E-state index contributed by atoms with van der Waals surface area (Å²) in [5.41, 5.74) is 2.43. The van der Waals surface area contributed by atoms with E-state index < -0.39 is 0 Å². The van der Waals surface area contributed by atoms with Gasteiger partial charge in [0, 0.05) is 12.6 Å². The van der Waals surface area contributed by atoms with E-state index in [2.05, 4.69) is 43.5 Å². The molecule has 104 valence electrons. The largest absolute Gasteiger partial charge is 0.349 e. The van der Waals surface area contributed by atoms with Crippen LogP contribution in [0.15, 0.2) is 24.3 Å². The molecule has 1 saturated heterocycles. The minimum absolute atomic E-state index is 0.0769. The maximum absolute atomic E-state index is 12.2. The van der Waals surface area contributed by atoms with Gasteiger partial charge in [-0.3, -0.25) is 4.79 Å². The van der Waals surface area contributed by atoms with Crippen LogP contribution in [0, 0.1) is 12.8 Å². The molecule has 1 amide bonds. The number of hydrogen-bond acceptors (Lipinski definition) is 2. The van der Waals surface area contributed by atoms with Crippen LogP contribution in [0.25, 0.3) is 0 Å². The minimum Gasteiger partial charge on any atom is -0.349 e. The van der Waals surface area contributed by atoms with Gasteiger partial charge in [-0.25, -0.2) is 0 Å². The third-order valence-corrected chi connectivity index (χ3v) is 4.05. The minimum atomic E-state index is 0.0769. The first-order chi connectivity index (χ1) is 9.08. The van der Waals surface area contributed by atoms with Crippen LogP contribution in [0.2, 0.25) is 0 Å². The highest BCUT2D eigenvalue weighted by Gasteiger charge is 2.25. The molecule has 1 aromatic rings. The lowest BCUT2D eigenvalue weighted by atomic mass is 9.94. The quantitative estimate of drug-likeness (QED) is 0.877. The lowest BCUT2D eigenvalue weighted by Crippen LogP contribution is -2.44. The van der Waals surface area contributed by atoms with Crippen LogP contribution < -0.4 is 10.6 Å². The molecule has 19 heavy (non-hydrogen) atoms. The van der Waals surface area contributed by atoms with Crippen molar-refractivity contribution in [3.8, 4) is 0 Å². The van der Waals surface area contributed by atoms with Crippen LogP contribution in [-0.2, 0) is 4.79 Å². The molecule has 0 spiro atoms. The van der Waals surface area contributed by atoms with E-state index in [1.54, 1.807) is 0 Å². The Bertz CT molecular complexity index is 436. The Balaban J connectivity index is 1.94. The fourth-order valence-corrected chi connectivity index (χ4v) is 2.70. The van der Waals surface area contributed by atoms with Gasteiger partial charge in [0.2, 0.25) is 5.91 Å². The lowest BCUT2D eigenvalue weighted by Gasteiger charge is -2.28. The van der Waals surface area contributed by atoms with Gasteiger partial charge in [-0.15, -0.1) is 0 Å². The molecule has 1 aromatic carbocycles. The van der Waals surface area contributed by atoms with Gasteiger partial charge in [0.15, 0.2) is 0 Å². The van der Waals surface area contributed by atoms with Gasteiger partial charge in [0.25, 0.3) is 0 Å². The second-order valence-electron chi connectivity index (χ2n) is 5.67. The topological polar surface area (TPSA) is 41.1 Å². The fraction of sp³-hybridized carbons (Fsp3) is 0.562. The van der Waals surface area contributed by atoms with Crippen molar-refractivity contribution in [2.24, 2.45) is 5.92 Å². The van der Waals surface area contributed by atoms with E-state index >= 15 is 0 Å². The normalized spacial score (nSPS) is 24.8. The molecular formula is C16H24N2O. The maximum atomic E-state index is 12.2. The third-order valence-electron chi connectivity index (χ3n) is 4.05. The van der Waals surface area contributed by atoms with Crippen LogP contribution >= 0.6 is 0 Å². The summed E-state index contributed by atoms with van der Waals surface area (Å²) in [5.74, 6) is 0.290. The Morgan fingerprint density at radius 3 is 2.74 bits per heavy atom. The molecule has 1 aliphatic heterocycles. The molecule has 3 unspecified atom stereocenters. The maximum Gasteiger partial charge on any atom is 0.224 e. The van der Waals surface area contributed by atoms with Crippen LogP contribution in [0.5, 0.6) is 0 Å². The molecule has 2 rings (SSSR count). The first-order valence-corrected chi connectivity index (χ1v) is 7.17. The average Bonchev–Trinajstić information content (AvgIpc) is 2.39. The van der Waals surface area contributed by atoms with Gasteiger partial charge in [0.05, 0.1) is 12.0 Å². The van der Waals surface area contributed by atoms with Gasteiger partial charge in [0.1, 0.15) is 0 Å². The summed E-state index contributed by atoms with van der Waals surface area (Å²) in [6.07, 6.45) is 2.07. The van der Waals surface area contributed by atoms with E-state index in [1.165, 1.54) is 11.1 Å². The molecule has 1 fully saturated rings. The lowest BCUT2D eigenvalue weighted by molar-refractivity contribution is -0.126. The first-order valence-electron chi connectivity index (χ1n) is 7.17. The van der Waals surface area contributed by atoms with Crippen molar-refractivity contribution in [2.75, 3.05) is 6.54 Å². The van der Waals surface area contributed by atoms with E-state index in [-0.39, 0.29) is 17.9 Å². The fourth-order valence-electron chi connectivity index (χ4n) is 2.70. The highest BCUT2D eigenvalue weighted by molar-refractivity contribution is 5.79. The molecule has 3 nitrogen and oxygen atoms in total. The SMILES string of the molecule is Cc1ccccc1C(C)NC(=O)C1CCC(C)NC1. The van der Waals surface area contributed by atoms with Crippen molar-refractivity contribution in [3.05, 3.63) is 35.4 Å². The summed E-state index contributed by atoms with van der Waals surface area (Å²) in [7, 11) is 0. The van der Waals surface area contributed by atoms with E-state index in [0.717, 1.165) is 19.4 Å². The molecular weight excluding hydrogens is 236 g/mol. The summed E-state index contributed by atoms with van der Waals surface area (Å²) >= 11 is 0. The van der Waals surface area contributed by atoms with Gasteiger partial charge in [-0.1, -0.05) is 24.3 Å². The molecule has 3 heteroatoms. The number of amides is 1. The van der Waals surface area contributed by atoms with Crippen molar-refractivity contribution in [1.82, 2.24) is 10.6 Å². The van der Waals surface area contributed by atoms with E-state index in [9.17, 15) is 4.79 Å². The van der Waals surface area contributed by atoms with Crippen LogP contribution in [0.1, 0.15) is 43.9 Å². The zero-order valence-corrected chi connectivity index (χ0v) is 12.1. The zero-order valence-electron chi connectivity index (χ0n) is 12.1. The number of aryl methyl sites for hydroxylation is 1. The Morgan fingerprint density at radius 1 is 1.37 bits per heavy atom. The molecule has 2 N–H and O–H groups in total. The standard InChI is InChI=1S/C16H24N2O/c1-11-6-4-5-7-15(11)13(3)18-16(19)14-9-8-12(2)17-10-14/h4-7,12-14,17H,8-10H2,1-3H3,(H,18,19). The van der Waals surface area contributed by atoms with Gasteiger partial charge >= 0.3 is 0 Å². The summed E-state index contributed by atoms with van der Waals surface area (Å²) in [6, 6.07) is 8.84. The summed E-state index contributed by atoms with van der Waals surface area (Å²) < 4.78 is 0. The Labute approximate surface area is 115 Å². The number of benzene rings is 1. The second kappa shape index (κ2) is 6.20. The average molecular weight is 260 g/mol. The zero-order chi connectivity index (χ0) is 13.8. The van der Waals surface area contributed by atoms with Gasteiger partial charge in [-0.2, -0.15) is 0 Å². The van der Waals surface area contributed by atoms with Crippen molar-refractivity contribution in [3.63, 3.8) is 0 Å². The molecule has 0 aromatic heterocycles. The molecule has 0 saturated carbocycles. The smallest absolute Gasteiger partial charge is 0.224 e. The number of rotatable bonds is 3. The number of hydrogen-bond donors (Lipinski definition) is 2. The Morgan fingerprint density at radius 2 is 2.11 bits per heavy atom. The highest BCUT2D eigenvalue weighted by atomic mass is 16.2. The predicted molar refractivity (Wildman–Crippen MR) is 77.9 cm³/mol. The highest BCUT2D eigenvalue weighted by Crippen LogP contribution is 2.19. The number of carbonyl (C=O) groups excluding carboxylic acids is 1. The molecule has 0 aliphatic carbocycles. The van der Waals surface area contributed by atoms with Crippen LogP contribution in [-0.4, -0.2) is 18.5 Å². The van der Waals surface area contributed by atoms with Crippen LogP contribution in [0.3, 0.4) is 0 Å². The summed E-state index contributed by atoms with van der Waals surface area (Å²) in [6.45, 7) is 7.11. The summed E-state index contributed by atoms with van der Waals surface area (Å²) in [5, 5.41) is 6.52. The van der Waals surface area contributed by atoms with E-state index in [0.29, 0.717) is 6.04 Å². The van der Waals surface area contributed by atoms with E-state index in [1.807, 2.05) is 12.1 Å². The van der Waals surface area contributed by atoms with Crippen molar-refractivity contribution < 1.29 is 4.79 Å². The molecule has 0 bridgehead atoms. The molecule has 1 aliphatic rings. The second-order valence-corrected chi connectivity index (χ2v) is 5.67. The Kier molecular flexibility index (Phi) is 4.59. The monoisotopic (exact) mass is 260 g/mol.